The van der Waals surface area contributed by atoms with Crippen LogP contribution in [0.25, 0.3) is 0 Å². The average Bonchev–Trinajstić information content (AvgIpc) is 3.38. The summed E-state index contributed by atoms with van der Waals surface area (Å²) in [5.74, 6) is -2.01. The number of hydrogen-bond donors (Lipinski definition) is 3. The molecule has 0 spiro atoms. The highest BCUT2D eigenvalue weighted by Crippen LogP contribution is 2.14. The Bertz CT molecular complexity index is 1260. The van der Waals surface area contributed by atoms with Crippen molar-refractivity contribution < 1.29 is 27.2 Å². The van der Waals surface area contributed by atoms with Crippen LogP contribution in [0.4, 0.5) is 0 Å². The van der Waals surface area contributed by atoms with Gasteiger partial charge in [-0.15, -0.1) is 0 Å². The second-order valence-corrected chi connectivity index (χ2v) is 9.85. The number of hydrogen-bond acceptors (Lipinski definition) is 6. The molecule has 2 aromatic carbocycles. The summed E-state index contributed by atoms with van der Waals surface area (Å²) in [5.41, 5.74) is 6.13. The van der Waals surface area contributed by atoms with Crippen molar-refractivity contribution in [1.29, 1.82) is 0 Å². The molecule has 35 heavy (non-hydrogen) atoms. The highest BCUT2D eigenvalue weighted by Gasteiger charge is 2.25. The Morgan fingerprint density at radius 2 is 1.63 bits per heavy atom. The van der Waals surface area contributed by atoms with Gasteiger partial charge in [0.2, 0.25) is 10.0 Å². The fraction of sp³-hybridized carbons (Fsp3) is 0.208. The highest BCUT2D eigenvalue weighted by atomic mass is 32.2. The largest absolute Gasteiger partial charge is 0.459 e. The minimum Gasteiger partial charge on any atom is -0.459 e. The molecule has 0 fully saturated rings. The Labute approximate surface area is 203 Å². The zero-order valence-electron chi connectivity index (χ0n) is 19.2. The summed E-state index contributed by atoms with van der Waals surface area (Å²) in [5, 5.41) is 2.58. The van der Waals surface area contributed by atoms with E-state index in [-0.39, 0.29) is 17.1 Å². The van der Waals surface area contributed by atoms with Crippen LogP contribution in [0.2, 0.25) is 0 Å². The molecule has 1 aromatic heterocycles. The Balaban J connectivity index is 1.61. The van der Waals surface area contributed by atoms with Crippen LogP contribution in [0.3, 0.4) is 0 Å². The first-order chi connectivity index (χ1) is 16.7. The Hall–Kier alpha value is -3.96. The number of likely N-dealkylation sites (N-methyl/N-ethyl adjacent to an activating group) is 1. The number of nitrogens with one attached hydrogen (secondary N) is 3. The fourth-order valence-electron chi connectivity index (χ4n) is 3.13. The molecule has 0 aliphatic carbocycles. The lowest BCUT2D eigenvalue weighted by atomic mass is 10.1. The number of benzene rings is 2. The summed E-state index contributed by atoms with van der Waals surface area (Å²) in [4.78, 5) is 37.6. The van der Waals surface area contributed by atoms with E-state index in [0.717, 1.165) is 15.4 Å². The molecular formula is C24H26N4O6S. The van der Waals surface area contributed by atoms with Crippen molar-refractivity contribution >= 4 is 27.7 Å². The van der Waals surface area contributed by atoms with Gasteiger partial charge in [0.05, 0.1) is 17.7 Å². The minimum atomic E-state index is -3.90. The van der Waals surface area contributed by atoms with Crippen molar-refractivity contribution in [2.45, 2.75) is 24.3 Å². The van der Waals surface area contributed by atoms with E-state index in [0.29, 0.717) is 0 Å². The number of sulfonamides is 1. The van der Waals surface area contributed by atoms with E-state index in [1.165, 1.54) is 31.5 Å². The Kier molecular flexibility index (Phi) is 8.39. The van der Waals surface area contributed by atoms with E-state index in [2.05, 4.69) is 16.2 Å². The molecule has 0 radical (unpaired) electrons. The molecule has 0 aliphatic heterocycles. The highest BCUT2D eigenvalue weighted by molar-refractivity contribution is 7.89. The lowest BCUT2D eigenvalue weighted by Crippen LogP contribution is -2.54. The van der Waals surface area contributed by atoms with Gasteiger partial charge in [0.1, 0.15) is 6.04 Å². The van der Waals surface area contributed by atoms with Crippen LogP contribution >= 0.6 is 0 Å². The van der Waals surface area contributed by atoms with Gasteiger partial charge in [-0.05, 0) is 36.8 Å². The summed E-state index contributed by atoms with van der Waals surface area (Å²) in [6.45, 7) is 1.30. The topological polar surface area (TPSA) is 138 Å². The molecule has 0 bridgehead atoms. The van der Waals surface area contributed by atoms with E-state index >= 15 is 0 Å². The molecule has 0 saturated carbocycles. The second kappa shape index (κ2) is 11.4. The van der Waals surface area contributed by atoms with Crippen molar-refractivity contribution in [2.75, 3.05) is 13.6 Å². The Morgan fingerprint density at radius 1 is 0.943 bits per heavy atom. The first-order valence-electron chi connectivity index (χ1n) is 10.7. The van der Waals surface area contributed by atoms with Gasteiger partial charge in [0.25, 0.3) is 17.7 Å². The Morgan fingerprint density at radius 3 is 2.26 bits per heavy atom. The molecule has 0 saturated heterocycles. The maximum Gasteiger partial charge on any atom is 0.287 e. The van der Waals surface area contributed by atoms with E-state index in [4.69, 9.17) is 4.42 Å². The molecule has 1 atom stereocenters. The summed E-state index contributed by atoms with van der Waals surface area (Å²) >= 11 is 0. The van der Waals surface area contributed by atoms with Gasteiger partial charge in [-0.2, -0.15) is 4.31 Å². The maximum atomic E-state index is 12.8. The number of furan rings is 1. The van der Waals surface area contributed by atoms with Crippen LogP contribution in [0.15, 0.2) is 82.3 Å². The number of amides is 3. The third kappa shape index (κ3) is 7.01. The van der Waals surface area contributed by atoms with Crippen molar-refractivity contribution in [1.82, 2.24) is 20.5 Å². The summed E-state index contributed by atoms with van der Waals surface area (Å²) < 4.78 is 31.3. The molecule has 0 unspecified atom stereocenters. The molecule has 3 rings (SSSR count). The van der Waals surface area contributed by atoms with Crippen LogP contribution in [0.1, 0.15) is 21.7 Å². The summed E-state index contributed by atoms with van der Waals surface area (Å²) in [6.07, 6.45) is 1.49. The maximum absolute atomic E-state index is 12.8. The van der Waals surface area contributed by atoms with Gasteiger partial charge in [0.15, 0.2) is 5.76 Å². The van der Waals surface area contributed by atoms with Gasteiger partial charge in [0, 0.05) is 13.5 Å². The van der Waals surface area contributed by atoms with E-state index < -0.39 is 40.3 Å². The molecule has 3 amide bonds. The second-order valence-electron chi connectivity index (χ2n) is 7.80. The zero-order valence-corrected chi connectivity index (χ0v) is 20.0. The summed E-state index contributed by atoms with van der Waals surface area (Å²) in [6, 6.07) is 17.2. The number of nitrogens with zero attached hydrogens (tertiary/aromatic N) is 1. The molecule has 3 aromatic rings. The quantitative estimate of drug-likeness (QED) is 0.381. The number of rotatable bonds is 9. The lowest BCUT2D eigenvalue weighted by Gasteiger charge is -2.20. The van der Waals surface area contributed by atoms with Gasteiger partial charge >= 0.3 is 0 Å². The first kappa shape index (κ1) is 25.7. The smallest absolute Gasteiger partial charge is 0.287 e. The number of carbonyl (C=O) groups is 3. The van der Waals surface area contributed by atoms with Crippen LogP contribution in [0, 0.1) is 6.92 Å². The van der Waals surface area contributed by atoms with Crippen molar-refractivity contribution in [2.24, 2.45) is 0 Å². The number of carbonyl (C=O) groups excluding carboxylic acids is 3. The third-order valence-electron chi connectivity index (χ3n) is 5.07. The minimum absolute atomic E-state index is 0.0304. The monoisotopic (exact) mass is 498 g/mol. The van der Waals surface area contributed by atoms with E-state index in [1.54, 1.807) is 42.5 Å². The number of aryl methyl sites for hydroxylation is 1. The standard InChI is InChI=1S/C24H26N4O6S/c1-17-10-12-19(13-11-17)35(32,33)28(2)16-22(29)26-27-23(30)20(15-18-7-4-3-5-8-18)25-24(31)21-9-6-14-34-21/h3-14,20H,15-16H2,1-2H3,(H,25,31)(H,26,29)(H,27,30)/t20-/m0/s1. The molecule has 11 heteroatoms. The lowest BCUT2D eigenvalue weighted by molar-refractivity contribution is -0.129. The predicted octanol–water partition coefficient (Wildman–Crippen LogP) is 1.40. The average molecular weight is 499 g/mol. The first-order valence-corrected chi connectivity index (χ1v) is 12.1. The molecule has 10 nitrogen and oxygen atoms in total. The fourth-order valence-corrected chi connectivity index (χ4v) is 4.26. The SMILES string of the molecule is Cc1ccc(S(=O)(=O)N(C)CC(=O)NNC(=O)[C@H](Cc2ccccc2)NC(=O)c2ccco2)cc1. The summed E-state index contributed by atoms with van der Waals surface area (Å²) in [7, 11) is -2.63. The van der Waals surface area contributed by atoms with Gasteiger partial charge in [-0.3, -0.25) is 25.2 Å². The molecule has 3 N–H and O–H groups in total. The van der Waals surface area contributed by atoms with Crippen molar-refractivity contribution in [3.8, 4) is 0 Å². The molecule has 0 aliphatic rings. The third-order valence-corrected chi connectivity index (χ3v) is 6.89. The van der Waals surface area contributed by atoms with Gasteiger partial charge in [-0.25, -0.2) is 8.42 Å². The predicted molar refractivity (Wildman–Crippen MR) is 127 cm³/mol. The zero-order chi connectivity index (χ0) is 25.4. The van der Waals surface area contributed by atoms with Crippen molar-refractivity contribution in [3.63, 3.8) is 0 Å². The number of hydrazine groups is 1. The van der Waals surface area contributed by atoms with Gasteiger partial charge < -0.3 is 9.73 Å². The molecule has 1 heterocycles. The van der Waals surface area contributed by atoms with Crippen LogP contribution in [0.5, 0.6) is 0 Å². The van der Waals surface area contributed by atoms with Gasteiger partial charge in [-0.1, -0.05) is 48.0 Å². The molecular weight excluding hydrogens is 472 g/mol. The molecule has 184 valence electrons. The van der Waals surface area contributed by atoms with E-state index in [1.807, 2.05) is 13.0 Å². The van der Waals surface area contributed by atoms with Crippen LogP contribution in [-0.2, 0) is 26.0 Å². The van der Waals surface area contributed by atoms with Crippen molar-refractivity contribution in [3.05, 3.63) is 89.9 Å². The van der Waals surface area contributed by atoms with E-state index in [9.17, 15) is 22.8 Å². The van der Waals surface area contributed by atoms with Crippen LogP contribution in [-0.4, -0.2) is 50.1 Å². The van der Waals surface area contributed by atoms with Crippen LogP contribution < -0.4 is 16.2 Å². The normalized spacial score (nSPS) is 12.1.